The van der Waals surface area contributed by atoms with E-state index in [1.165, 1.54) is 7.11 Å². The molecule has 0 fully saturated rings. The van der Waals surface area contributed by atoms with Gasteiger partial charge in [-0.3, -0.25) is 0 Å². The molecule has 0 radical (unpaired) electrons. The van der Waals surface area contributed by atoms with E-state index in [1.807, 2.05) is 6.92 Å². The molecule has 0 atom stereocenters. The maximum atomic E-state index is 11.4. The second kappa shape index (κ2) is 6.27. The van der Waals surface area contributed by atoms with E-state index >= 15 is 0 Å². The summed E-state index contributed by atoms with van der Waals surface area (Å²) in [5, 5.41) is 0. The number of nitrogens with one attached hydrogen (secondary N) is 1. The lowest BCUT2D eigenvalue weighted by molar-refractivity contribution is 0.0586. The molecular weight excluding hydrogens is 256 g/mol. The quantitative estimate of drug-likeness (QED) is 0.846. The van der Waals surface area contributed by atoms with Gasteiger partial charge in [-0.2, -0.15) is 0 Å². The molecule has 2 aromatic heterocycles. The molecule has 106 valence electrons. The van der Waals surface area contributed by atoms with Gasteiger partial charge in [0.05, 0.1) is 24.7 Å². The van der Waals surface area contributed by atoms with E-state index in [4.69, 9.17) is 0 Å². The second-order valence-corrected chi connectivity index (χ2v) is 4.53. The van der Waals surface area contributed by atoms with Crippen LogP contribution in [0.15, 0.2) is 12.4 Å². The first-order valence-corrected chi connectivity index (χ1v) is 6.62. The van der Waals surface area contributed by atoms with Crippen molar-refractivity contribution in [3.8, 4) is 11.3 Å². The van der Waals surface area contributed by atoms with Crippen LogP contribution in [-0.4, -0.2) is 33.0 Å². The Labute approximate surface area is 117 Å². The lowest BCUT2D eigenvalue weighted by Crippen LogP contribution is -2.08. The van der Waals surface area contributed by atoms with Crippen LogP contribution in [0, 0.1) is 6.92 Å². The average Bonchev–Trinajstić information content (AvgIpc) is 2.92. The van der Waals surface area contributed by atoms with Gasteiger partial charge in [0, 0.05) is 18.2 Å². The van der Waals surface area contributed by atoms with Crippen molar-refractivity contribution in [2.45, 2.75) is 33.1 Å². The molecule has 0 amide bonds. The van der Waals surface area contributed by atoms with Crippen LogP contribution in [0.2, 0.25) is 0 Å². The number of aryl methyl sites for hydroxylation is 2. The van der Waals surface area contributed by atoms with Crippen molar-refractivity contribution in [2.75, 3.05) is 7.11 Å². The van der Waals surface area contributed by atoms with E-state index in [1.54, 1.807) is 12.4 Å². The summed E-state index contributed by atoms with van der Waals surface area (Å²) >= 11 is 0. The predicted molar refractivity (Wildman–Crippen MR) is 74.3 cm³/mol. The predicted octanol–water partition coefficient (Wildman–Crippen LogP) is 2.30. The highest BCUT2D eigenvalue weighted by Crippen LogP contribution is 2.19. The topological polar surface area (TPSA) is 80.8 Å². The molecule has 1 N–H and O–H groups in total. The van der Waals surface area contributed by atoms with E-state index in [0.29, 0.717) is 5.69 Å². The van der Waals surface area contributed by atoms with Crippen molar-refractivity contribution >= 4 is 5.97 Å². The van der Waals surface area contributed by atoms with Crippen LogP contribution in [0.1, 0.15) is 41.9 Å². The van der Waals surface area contributed by atoms with Gasteiger partial charge in [0.1, 0.15) is 5.82 Å². The van der Waals surface area contributed by atoms with Crippen molar-refractivity contribution in [3.05, 3.63) is 29.7 Å². The Morgan fingerprint density at radius 1 is 1.35 bits per heavy atom. The summed E-state index contributed by atoms with van der Waals surface area (Å²) in [6, 6.07) is 0. The molecule has 0 bridgehead atoms. The molecule has 6 nitrogen and oxygen atoms in total. The Balaban J connectivity index is 2.24. The molecule has 0 aliphatic heterocycles. The summed E-state index contributed by atoms with van der Waals surface area (Å²) in [7, 11) is 1.31. The van der Waals surface area contributed by atoms with Crippen molar-refractivity contribution in [3.63, 3.8) is 0 Å². The number of aromatic amines is 1. The first-order valence-electron chi connectivity index (χ1n) is 6.62. The van der Waals surface area contributed by atoms with Crippen LogP contribution in [0.5, 0.6) is 0 Å². The molecule has 0 unspecified atom stereocenters. The number of esters is 1. The number of H-pyrrole nitrogens is 1. The monoisotopic (exact) mass is 274 g/mol. The van der Waals surface area contributed by atoms with Gasteiger partial charge in [-0.05, 0) is 13.3 Å². The number of carbonyl (C=O) groups is 1. The highest BCUT2D eigenvalue weighted by molar-refractivity contribution is 5.85. The summed E-state index contributed by atoms with van der Waals surface area (Å²) in [5.41, 5.74) is 2.42. The van der Waals surface area contributed by atoms with Gasteiger partial charge in [-0.1, -0.05) is 13.3 Å². The second-order valence-electron chi connectivity index (χ2n) is 4.53. The molecule has 2 aromatic rings. The van der Waals surface area contributed by atoms with E-state index in [2.05, 4.69) is 31.6 Å². The number of hydrogen-bond donors (Lipinski definition) is 1. The van der Waals surface area contributed by atoms with Gasteiger partial charge in [-0.15, -0.1) is 0 Å². The standard InChI is InChI=1S/C14H18N4O2/c1-4-5-6-12-15-8-11(18-12)10-7-16-13(14(19)20-3)17-9(10)2/h7-8H,4-6H2,1-3H3,(H,15,18). The molecule has 0 saturated heterocycles. The van der Waals surface area contributed by atoms with Crippen LogP contribution < -0.4 is 0 Å². The van der Waals surface area contributed by atoms with Gasteiger partial charge in [-0.25, -0.2) is 19.7 Å². The van der Waals surface area contributed by atoms with E-state index < -0.39 is 5.97 Å². The first-order chi connectivity index (χ1) is 9.65. The maximum Gasteiger partial charge on any atom is 0.376 e. The fourth-order valence-corrected chi connectivity index (χ4v) is 1.89. The molecule has 0 aromatic carbocycles. The molecule has 0 aliphatic carbocycles. The number of nitrogens with zero attached hydrogens (tertiary/aromatic N) is 3. The molecule has 2 heterocycles. The number of ether oxygens (including phenoxy) is 1. The van der Waals surface area contributed by atoms with Crippen LogP contribution >= 0.6 is 0 Å². The maximum absolute atomic E-state index is 11.4. The third-order valence-corrected chi connectivity index (χ3v) is 3.03. The number of hydrogen-bond acceptors (Lipinski definition) is 5. The summed E-state index contributed by atoms with van der Waals surface area (Å²) in [6.07, 6.45) is 6.55. The Morgan fingerprint density at radius 2 is 2.15 bits per heavy atom. The van der Waals surface area contributed by atoms with Crippen LogP contribution in [-0.2, 0) is 11.2 Å². The zero-order valence-corrected chi connectivity index (χ0v) is 11.9. The molecular formula is C14H18N4O2. The molecule has 0 aliphatic rings. The van der Waals surface area contributed by atoms with E-state index in [0.717, 1.165) is 36.3 Å². The van der Waals surface area contributed by atoms with Crippen molar-refractivity contribution < 1.29 is 9.53 Å². The minimum absolute atomic E-state index is 0.0690. The Bertz CT molecular complexity index is 607. The highest BCUT2D eigenvalue weighted by atomic mass is 16.5. The van der Waals surface area contributed by atoms with E-state index in [9.17, 15) is 4.79 Å². The summed E-state index contributed by atoms with van der Waals surface area (Å²) in [4.78, 5) is 27.2. The first kappa shape index (κ1) is 14.2. The van der Waals surface area contributed by atoms with Crippen LogP contribution in [0.4, 0.5) is 0 Å². The van der Waals surface area contributed by atoms with Crippen LogP contribution in [0.3, 0.4) is 0 Å². The number of carbonyl (C=O) groups excluding carboxylic acids is 1. The number of imidazole rings is 1. The van der Waals surface area contributed by atoms with Gasteiger partial charge < -0.3 is 9.72 Å². The zero-order chi connectivity index (χ0) is 14.5. The lowest BCUT2D eigenvalue weighted by atomic mass is 10.2. The Morgan fingerprint density at radius 3 is 2.80 bits per heavy atom. The zero-order valence-electron chi connectivity index (χ0n) is 11.9. The fourth-order valence-electron chi connectivity index (χ4n) is 1.89. The molecule has 6 heteroatoms. The molecule has 0 spiro atoms. The Hall–Kier alpha value is -2.24. The van der Waals surface area contributed by atoms with Gasteiger partial charge >= 0.3 is 5.97 Å². The number of rotatable bonds is 5. The van der Waals surface area contributed by atoms with Crippen LogP contribution in [0.25, 0.3) is 11.3 Å². The van der Waals surface area contributed by atoms with Gasteiger partial charge in [0.25, 0.3) is 0 Å². The smallest absolute Gasteiger partial charge is 0.376 e. The average molecular weight is 274 g/mol. The summed E-state index contributed by atoms with van der Waals surface area (Å²) < 4.78 is 4.60. The van der Waals surface area contributed by atoms with Crippen molar-refractivity contribution in [1.29, 1.82) is 0 Å². The normalized spacial score (nSPS) is 10.6. The number of unbranched alkanes of at least 4 members (excludes halogenated alkanes) is 1. The number of methoxy groups -OCH3 is 1. The SMILES string of the molecule is CCCCc1ncc(-c2cnc(C(=O)OC)nc2C)[nH]1. The highest BCUT2D eigenvalue weighted by Gasteiger charge is 2.13. The molecule has 20 heavy (non-hydrogen) atoms. The third kappa shape index (κ3) is 3.01. The fraction of sp³-hybridized carbons (Fsp3) is 0.429. The molecule has 2 rings (SSSR count). The Kier molecular flexibility index (Phi) is 4.45. The summed E-state index contributed by atoms with van der Waals surface area (Å²) in [5.74, 6) is 0.491. The summed E-state index contributed by atoms with van der Waals surface area (Å²) in [6.45, 7) is 3.98. The lowest BCUT2D eigenvalue weighted by Gasteiger charge is -2.04. The third-order valence-electron chi connectivity index (χ3n) is 3.03. The minimum atomic E-state index is -0.534. The van der Waals surface area contributed by atoms with Crippen molar-refractivity contribution in [1.82, 2.24) is 19.9 Å². The minimum Gasteiger partial charge on any atom is -0.463 e. The number of aromatic nitrogens is 4. The largest absolute Gasteiger partial charge is 0.463 e. The van der Waals surface area contributed by atoms with Crippen molar-refractivity contribution in [2.24, 2.45) is 0 Å². The van der Waals surface area contributed by atoms with Gasteiger partial charge in [0.2, 0.25) is 5.82 Å². The molecule has 0 saturated carbocycles. The van der Waals surface area contributed by atoms with Gasteiger partial charge in [0.15, 0.2) is 0 Å². The van der Waals surface area contributed by atoms with E-state index in [-0.39, 0.29) is 5.82 Å².